The maximum absolute atomic E-state index is 12.4. The Morgan fingerprint density at radius 3 is 1.44 bits per heavy atom. The molecule has 0 saturated carbocycles. The second kappa shape index (κ2) is 44.8. The second-order valence-electron chi connectivity index (χ2n) is 16.1. The fourth-order valence-electron chi connectivity index (χ4n) is 6.96. The summed E-state index contributed by atoms with van der Waals surface area (Å²) in [5.41, 5.74) is 0. The topological polar surface area (TPSA) is 95.9 Å². The molecule has 0 aromatic rings. The van der Waals surface area contributed by atoms with Crippen LogP contribution in [0.1, 0.15) is 239 Å². The van der Waals surface area contributed by atoms with Crippen LogP contribution in [0.5, 0.6) is 0 Å². The highest BCUT2D eigenvalue weighted by atomic mass is 16.5. The normalized spacial score (nSPS) is 13.0. The summed E-state index contributed by atoms with van der Waals surface area (Å²) < 4.78 is 5.43. The molecule has 0 aliphatic carbocycles. The average Bonchev–Trinajstić information content (AvgIpc) is 3.18. The number of amides is 1. The van der Waals surface area contributed by atoms with Crippen molar-refractivity contribution in [3.63, 3.8) is 0 Å². The van der Waals surface area contributed by atoms with E-state index in [0.717, 1.165) is 83.5 Å². The molecule has 2 atom stereocenters. The molecule has 0 radical (unpaired) electrons. The van der Waals surface area contributed by atoms with E-state index in [-0.39, 0.29) is 18.5 Å². The second-order valence-corrected chi connectivity index (χ2v) is 16.1. The zero-order chi connectivity index (χ0) is 40.1. The van der Waals surface area contributed by atoms with Gasteiger partial charge < -0.3 is 20.3 Å². The van der Waals surface area contributed by atoms with Gasteiger partial charge in [0, 0.05) is 12.8 Å². The molecule has 55 heavy (non-hydrogen) atoms. The van der Waals surface area contributed by atoms with Gasteiger partial charge in [-0.05, 0) is 83.5 Å². The third-order valence-electron chi connectivity index (χ3n) is 10.7. The van der Waals surface area contributed by atoms with Crippen molar-refractivity contribution in [3.8, 4) is 0 Å². The van der Waals surface area contributed by atoms with Crippen molar-refractivity contribution in [3.05, 3.63) is 36.5 Å². The highest BCUT2D eigenvalue weighted by molar-refractivity contribution is 5.76. The van der Waals surface area contributed by atoms with Crippen LogP contribution in [0.4, 0.5) is 0 Å². The minimum Gasteiger partial charge on any atom is -0.466 e. The first kappa shape index (κ1) is 53.1. The van der Waals surface area contributed by atoms with Gasteiger partial charge in [0.2, 0.25) is 5.91 Å². The lowest BCUT2D eigenvalue weighted by Gasteiger charge is -2.22. The summed E-state index contributed by atoms with van der Waals surface area (Å²) in [4.78, 5) is 24.4. The Morgan fingerprint density at radius 1 is 0.509 bits per heavy atom. The molecule has 0 aromatic heterocycles. The predicted octanol–water partition coefficient (Wildman–Crippen LogP) is 13.7. The number of hydrogen-bond donors (Lipinski definition) is 3. The molecule has 6 heteroatoms. The lowest BCUT2D eigenvalue weighted by molar-refractivity contribution is -0.143. The summed E-state index contributed by atoms with van der Waals surface area (Å²) >= 11 is 0. The molecule has 0 saturated heterocycles. The van der Waals surface area contributed by atoms with Crippen molar-refractivity contribution in [2.24, 2.45) is 0 Å². The van der Waals surface area contributed by atoms with Crippen molar-refractivity contribution < 1.29 is 24.5 Å². The largest absolute Gasteiger partial charge is 0.466 e. The van der Waals surface area contributed by atoms with Crippen LogP contribution in [0.2, 0.25) is 0 Å². The fraction of sp³-hybridized carbons (Fsp3) is 0.837. The van der Waals surface area contributed by atoms with E-state index in [1.54, 1.807) is 0 Å². The molecule has 0 aliphatic heterocycles. The zero-order valence-electron chi connectivity index (χ0n) is 36.4. The number of esters is 1. The molecule has 0 spiro atoms. The molecule has 0 aliphatic rings. The Hall–Kier alpha value is -1.92. The first-order chi connectivity index (χ1) is 27.0. The highest BCUT2D eigenvalue weighted by Gasteiger charge is 2.20. The van der Waals surface area contributed by atoms with Crippen LogP contribution >= 0.6 is 0 Å². The lowest BCUT2D eigenvalue weighted by Crippen LogP contribution is -2.45. The van der Waals surface area contributed by atoms with Gasteiger partial charge in [0.1, 0.15) is 0 Å². The molecule has 0 rings (SSSR count). The summed E-state index contributed by atoms with van der Waals surface area (Å²) in [5.74, 6) is -0.119. The Morgan fingerprint density at radius 2 is 0.909 bits per heavy atom. The van der Waals surface area contributed by atoms with E-state index in [4.69, 9.17) is 4.74 Å². The predicted molar refractivity (Wildman–Crippen MR) is 236 cm³/mol. The standard InChI is InChI=1S/C49H91NO5/c1-3-5-7-9-11-13-15-16-17-18-19-20-22-27-31-35-39-43-49(54)55-44-40-36-32-28-24-23-26-30-34-38-42-48(53)50-46(45-51)47(52)41-37-33-29-25-21-14-12-10-8-6-4-2/h11,13,16-17,24,28,46-47,51-52H,3-10,12,14-15,18-23,25-27,29-45H2,1-2H3,(H,50,53)/b13-11-,17-16-,28-24-. The van der Waals surface area contributed by atoms with E-state index in [0.29, 0.717) is 25.9 Å². The minimum absolute atomic E-state index is 0.0452. The van der Waals surface area contributed by atoms with Crippen LogP contribution in [0.3, 0.4) is 0 Å². The number of ether oxygens (including phenoxy) is 1. The molecule has 0 aromatic carbocycles. The summed E-state index contributed by atoms with van der Waals surface area (Å²) in [6, 6.07) is -0.566. The Kier molecular flexibility index (Phi) is 43.2. The molecular formula is C49H91NO5. The summed E-state index contributed by atoms with van der Waals surface area (Å²) in [7, 11) is 0. The van der Waals surface area contributed by atoms with Gasteiger partial charge in [-0.1, -0.05) is 179 Å². The molecule has 1 amide bonds. The number of hydrogen-bond acceptors (Lipinski definition) is 5. The molecule has 3 N–H and O–H groups in total. The first-order valence-corrected chi connectivity index (χ1v) is 23.7. The van der Waals surface area contributed by atoms with Gasteiger partial charge >= 0.3 is 5.97 Å². The van der Waals surface area contributed by atoms with Crippen LogP contribution in [-0.2, 0) is 14.3 Å². The van der Waals surface area contributed by atoms with E-state index in [1.165, 1.54) is 122 Å². The Labute approximate surface area is 341 Å². The van der Waals surface area contributed by atoms with Gasteiger partial charge in [0.05, 0.1) is 25.4 Å². The van der Waals surface area contributed by atoms with Gasteiger partial charge in [-0.2, -0.15) is 0 Å². The number of unbranched alkanes of at least 4 members (excludes halogenated alkanes) is 26. The highest BCUT2D eigenvalue weighted by Crippen LogP contribution is 2.15. The van der Waals surface area contributed by atoms with Crippen molar-refractivity contribution in [1.29, 1.82) is 0 Å². The van der Waals surface area contributed by atoms with Crippen molar-refractivity contribution >= 4 is 11.9 Å². The molecule has 0 bridgehead atoms. The Balaban J connectivity index is 3.53. The number of nitrogens with one attached hydrogen (secondary N) is 1. The SMILES string of the molecule is CCCCC/C=C\C/C=C\CCCCCCCCCC(=O)OCCCC/C=C\CCCCCCC(=O)NC(CO)C(O)CCCCCCCCCCCCC. The number of rotatable bonds is 43. The van der Waals surface area contributed by atoms with E-state index >= 15 is 0 Å². The lowest BCUT2D eigenvalue weighted by atomic mass is 10.0. The van der Waals surface area contributed by atoms with Gasteiger partial charge in [0.15, 0.2) is 0 Å². The van der Waals surface area contributed by atoms with E-state index < -0.39 is 12.1 Å². The van der Waals surface area contributed by atoms with Crippen LogP contribution in [-0.4, -0.2) is 47.4 Å². The first-order valence-electron chi connectivity index (χ1n) is 23.7. The smallest absolute Gasteiger partial charge is 0.305 e. The van der Waals surface area contributed by atoms with Crippen LogP contribution in [0.15, 0.2) is 36.5 Å². The molecular weight excluding hydrogens is 683 g/mol. The minimum atomic E-state index is -0.685. The number of allylic oxidation sites excluding steroid dienone is 6. The third kappa shape index (κ3) is 41.5. The van der Waals surface area contributed by atoms with Crippen molar-refractivity contribution in [2.45, 2.75) is 251 Å². The number of carbonyl (C=O) groups excluding carboxylic acids is 2. The maximum Gasteiger partial charge on any atom is 0.305 e. The number of aliphatic hydroxyl groups excluding tert-OH is 2. The van der Waals surface area contributed by atoms with E-state index in [2.05, 4.69) is 55.6 Å². The van der Waals surface area contributed by atoms with E-state index in [9.17, 15) is 19.8 Å². The fourth-order valence-corrected chi connectivity index (χ4v) is 6.96. The summed E-state index contributed by atoms with van der Waals surface area (Å²) in [5, 5.41) is 23.1. The molecule has 2 unspecified atom stereocenters. The zero-order valence-corrected chi connectivity index (χ0v) is 36.4. The van der Waals surface area contributed by atoms with Crippen LogP contribution < -0.4 is 5.32 Å². The van der Waals surface area contributed by atoms with Crippen molar-refractivity contribution in [2.75, 3.05) is 13.2 Å². The van der Waals surface area contributed by atoms with Crippen LogP contribution in [0, 0.1) is 0 Å². The van der Waals surface area contributed by atoms with E-state index in [1.807, 2.05) is 0 Å². The van der Waals surface area contributed by atoms with Crippen molar-refractivity contribution in [1.82, 2.24) is 5.32 Å². The molecule has 322 valence electrons. The van der Waals surface area contributed by atoms with Gasteiger partial charge in [0.25, 0.3) is 0 Å². The quantitative estimate of drug-likeness (QED) is 0.0326. The molecule has 6 nitrogen and oxygen atoms in total. The summed E-state index contributed by atoms with van der Waals surface area (Å²) in [6.07, 6.45) is 52.5. The Bertz CT molecular complexity index is 900. The number of aliphatic hydroxyl groups is 2. The average molecular weight is 774 g/mol. The van der Waals surface area contributed by atoms with Gasteiger partial charge in [-0.3, -0.25) is 9.59 Å². The molecule has 0 heterocycles. The maximum atomic E-state index is 12.4. The summed E-state index contributed by atoms with van der Waals surface area (Å²) in [6.45, 7) is 4.81. The monoisotopic (exact) mass is 774 g/mol. The third-order valence-corrected chi connectivity index (χ3v) is 10.7. The van der Waals surface area contributed by atoms with Gasteiger partial charge in [-0.15, -0.1) is 0 Å². The van der Waals surface area contributed by atoms with Crippen LogP contribution in [0.25, 0.3) is 0 Å². The molecule has 0 fully saturated rings. The number of carbonyl (C=O) groups is 2. The van der Waals surface area contributed by atoms with Gasteiger partial charge in [-0.25, -0.2) is 0 Å².